The molecule has 1 aliphatic rings. The molecule has 0 spiro atoms. The molecule has 0 radical (unpaired) electrons. The van der Waals surface area contributed by atoms with Crippen LogP contribution in [0.2, 0.25) is 0 Å². The standard InChI is InChI=1S/C28H23F3N4O3/c29-28(30,31)22-11-9-20(10-12-22)18-38-27-24-17-34(16-19-5-2-1-3-6-19)14-13-25(24)32-26(33-27)21-7-4-8-23(15-21)35(36)37/h1-12,15H,13-14,16-18H2. The average molecular weight is 521 g/mol. The highest BCUT2D eigenvalue weighted by molar-refractivity contribution is 5.60. The van der Waals surface area contributed by atoms with Crippen LogP contribution in [0.15, 0.2) is 78.9 Å². The molecule has 5 rings (SSSR count). The number of aromatic nitrogens is 2. The van der Waals surface area contributed by atoms with Gasteiger partial charge in [-0.2, -0.15) is 18.2 Å². The highest BCUT2D eigenvalue weighted by Gasteiger charge is 2.30. The third kappa shape index (κ3) is 5.81. The van der Waals surface area contributed by atoms with Crippen LogP contribution < -0.4 is 4.74 Å². The van der Waals surface area contributed by atoms with E-state index in [1.54, 1.807) is 12.1 Å². The molecule has 1 aromatic heterocycles. The number of hydrogen-bond acceptors (Lipinski definition) is 6. The second-order valence-corrected chi connectivity index (χ2v) is 9.01. The van der Waals surface area contributed by atoms with Crippen LogP contribution in [0.25, 0.3) is 11.4 Å². The van der Waals surface area contributed by atoms with Crippen molar-refractivity contribution in [2.75, 3.05) is 6.54 Å². The van der Waals surface area contributed by atoms with E-state index in [-0.39, 0.29) is 12.3 Å². The quantitative estimate of drug-likeness (QED) is 0.213. The Balaban J connectivity index is 1.45. The van der Waals surface area contributed by atoms with E-state index in [0.29, 0.717) is 35.8 Å². The summed E-state index contributed by atoms with van der Waals surface area (Å²) < 4.78 is 44.9. The van der Waals surface area contributed by atoms with Crippen molar-refractivity contribution >= 4 is 5.69 Å². The number of nitrogens with zero attached hydrogens (tertiary/aromatic N) is 4. The van der Waals surface area contributed by atoms with Crippen molar-refractivity contribution in [1.29, 1.82) is 0 Å². The largest absolute Gasteiger partial charge is 0.472 e. The molecule has 194 valence electrons. The van der Waals surface area contributed by atoms with Gasteiger partial charge in [0.2, 0.25) is 5.88 Å². The van der Waals surface area contributed by atoms with Gasteiger partial charge in [0.15, 0.2) is 5.82 Å². The van der Waals surface area contributed by atoms with E-state index in [0.717, 1.165) is 42.0 Å². The van der Waals surface area contributed by atoms with Gasteiger partial charge < -0.3 is 4.74 Å². The normalized spacial score (nSPS) is 13.7. The van der Waals surface area contributed by atoms with Crippen LogP contribution in [0.3, 0.4) is 0 Å². The summed E-state index contributed by atoms with van der Waals surface area (Å²) in [5, 5.41) is 11.3. The van der Waals surface area contributed by atoms with Gasteiger partial charge in [-0.05, 0) is 23.3 Å². The molecule has 4 aromatic rings. The highest BCUT2D eigenvalue weighted by Crippen LogP contribution is 2.32. The van der Waals surface area contributed by atoms with Crippen molar-refractivity contribution in [3.05, 3.63) is 117 Å². The molecule has 0 N–H and O–H groups in total. The molecule has 0 bridgehead atoms. The van der Waals surface area contributed by atoms with Gasteiger partial charge in [0, 0.05) is 49.3 Å². The molecule has 7 nitrogen and oxygen atoms in total. The summed E-state index contributed by atoms with van der Waals surface area (Å²) in [6.45, 7) is 2.02. The maximum absolute atomic E-state index is 12.9. The SMILES string of the molecule is O=[N+]([O-])c1cccc(-c2nc3c(c(OCc4ccc(C(F)(F)F)cc4)n2)CN(Cc2ccccc2)CC3)c1. The fourth-order valence-corrected chi connectivity index (χ4v) is 4.37. The molecular weight excluding hydrogens is 497 g/mol. The van der Waals surface area contributed by atoms with E-state index < -0.39 is 16.7 Å². The van der Waals surface area contributed by atoms with Gasteiger partial charge in [-0.3, -0.25) is 15.0 Å². The van der Waals surface area contributed by atoms with E-state index in [9.17, 15) is 23.3 Å². The zero-order valence-electron chi connectivity index (χ0n) is 20.2. The fraction of sp³-hybridized carbons (Fsp3) is 0.214. The molecule has 2 heterocycles. The smallest absolute Gasteiger partial charge is 0.416 e. The van der Waals surface area contributed by atoms with Gasteiger partial charge in [0.05, 0.1) is 16.2 Å². The minimum atomic E-state index is -4.42. The Labute approximate surface area is 216 Å². The third-order valence-electron chi connectivity index (χ3n) is 6.32. The second kappa shape index (κ2) is 10.6. The molecule has 10 heteroatoms. The van der Waals surface area contributed by atoms with E-state index in [2.05, 4.69) is 22.0 Å². The van der Waals surface area contributed by atoms with E-state index in [1.807, 2.05) is 18.2 Å². The van der Waals surface area contributed by atoms with Crippen molar-refractivity contribution in [1.82, 2.24) is 14.9 Å². The molecule has 0 saturated carbocycles. The minimum Gasteiger partial charge on any atom is -0.472 e. The number of alkyl halides is 3. The molecule has 0 unspecified atom stereocenters. The summed E-state index contributed by atoms with van der Waals surface area (Å²) in [5.41, 5.74) is 2.97. The van der Waals surface area contributed by atoms with Crippen LogP contribution in [0, 0.1) is 10.1 Å². The highest BCUT2D eigenvalue weighted by atomic mass is 19.4. The summed E-state index contributed by atoms with van der Waals surface area (Å²) >= 11 is 0. The van der Waals surface area contributed by atoms with Crippen LogP contribution >= 0.6 is 0 Å². The molecule has 38 heavy (non-hydrogen) atoms. The molecule has 0 amide bonds. The summed E-state index contributed by atoms with van der Waals surface area (Å²) in [7, 11) is 0. The fourth-order valence-electron chi connectivity index (χ4n) is 4.37. The number of fused-ring (bicyclic) bond motifs is 1. The monoisotopic (exact) mass is 520 g/mol. The lowest BCUT2D eigenvalue weighted by molar-refractivity contribution is -0.384. The Morgan fingerprint density at radius 2 is 1.71 bits per heavy atom. The van der Waals surface area contributed by atoms with Crippen molar-refractivity contribution in [2.45, 2.75) is 32.3 Å². The van der Waals surface area contributed by atoms with Crippen molar-refractivity contribution in [3.8, 4) is 17.3 Å². The number of ether oxygens (including phenoxy) is 1. The predicted octanol–water partition coefficient (Wildman–Crippen LogP) is 6.21. The maximum Gasteiger partial charge on any atom is 0.416 e. The number of nitro groups is 1. The first-order chi connectivity index (χ1) is 18.3. The molecular formula is C28H23F3N4O3. The molecule has 0 saturated heterocycles. The summed E-state index contributed by atoms with van der Waals surface area (Å²) in [4.78, 5) is 22.4. The van der Waals surface area contributed by atoms with E-state index in [1.165, 1.54) is 24.3 Å². The zero-order valence-corrected chi connectivity index (χ0v) is 20.2. The number of halogens is 3. The van der Waals surface area contributed by atoms with Crippen LogP contribution in [0.5, 0.6) is 5.88 Å². The van der Waals surface area contributed by atoms with Crippen molar-refractivity contribution < 1.29 is 22.8 Å². The Bertz CT molecular complexity index is 1440. The molecule has 0 aliphatic carbocycles. The van der Waals surface area contributed by atoms with Crippen molar-refractivity contribution in [3.63, 3.8) is 0 Å². The molecule has 3 aromatic carbocycles. The van der Waals surface area contributed by atoms with Crippen LogP contribution in [-0.2, 0) is 32.3 Å². The molecule has 1 aliphatic heterocycles. The second-order valence-electron chi connectivity index (χ2n) is 9.01. The Hall–Kier alpha value is -4.31. The lowest BCUT2D eigenvalue weighted by Gasteiger charge is -2.29. The first kappa shape index (κ1) is 25.3. The number of rotatable bonds is 7. The van der Waals surface area contributed by atoms with Crippen LogP contribution in [0.1, 0.15) is 27.9 Å². The van der Waals surface area contributed by atoms with Crippen LogP contribution in [0.4, 0.5) is 18.9 Å². The first-order valence-corrected chi connectivity index (χ1v) is 12.0. The average Bonchev–Trinajstić information content (AvgIpc) is 2.92. The Morgan fingerprint density at radius 1 is 0.947 bits per heavy atom. The Kier molecular flexibility index (Phi) is 7.06. The van der Waals surface area contributed by atoms with Gasteiger partial charge in [-0.15, -0.1) is 0 Å². The minimum absolute atomic E-state index is 0.00858. The van der Waals surface area contributed by atoms with E-state index in [4.69, 9.17) is 9.72 Å². The maximum atomic E-state index is 12.9. The van der Waals surface area contributed by atoms with Gasteiger partial charge in [-0.25, -0.2) is 4.98 Å². The first-order valence-electron chi connectivity index (χ1n) is 12.0. The molecule has 0 atom stereocenters. The van der Waals surface area contributed by atoms with Gasteiger partial charge in [-0.1, -0.05) is 54.6 Å². The third-order valence-corrected chi connectivity index (χ3v) is 6.32. The van der Waals surface area contributed by atoms with Gasteiger partial charge >= 0.3 is 6.18 Å². The summed E-state index contributed by atoms with van der Waals surface area (Å²) in [5.74, 6) is 0.612. The van der Waals surface area contributed by atoms with Gasteiger partial charge in [0.25, 0.3) is 5.69 Å². The number of hydrogen-bond donors (Lipinski definition) is 0. The number of nitro benzene ring substituents is 1. The topological polar surface area (TPSA) is 81.4 Å². The summed E-state index contributed by atoms with van der Waals surface area (Å²) in [6.07, 6.45) is -3.79. The summed E-state index contributed by atoms with van der Waals surface area (Å²) in [6, 6.07) is 20.9. The number of benzene rings is 3. The predicted molar refractivity (Wildman–Crippen MR) is 134 cm³/mol. The molecule has 0 fully saturated rings. The van der Waals surface area contributed by atoms with E-state index >= 15 is 0 Å². The van der Waals surface area contributed by atoms with Gasteiger partial charge in [0.1, 0.15) is 6.61 Å². The lowest BCUT2D eigenvalue weighted by Crippen LogP contribution is -2.31. The Morgan fingerprint density at radius 3 is 2.42 bits per heavy atom. The van der Waals surface area contributed by atoms with Crippen molar-refractivity contribution in [2.24, 2.45) is 0 Å². The van der Waals surface area contributed by atoms with Crippen LogP contribution in [-0.4, -0.2) is 26.3 Å². The zero-order chi connectivity index (χ0) is 26.7. The number of non-ortho nitro benzene ring substituents is 1. The lowest BCUT2D eigenvalue weighted by atomic mass is 10.0.